The van der Waals surface area contributed by atoms with Gasteiger partial charge in [0.2, 0.25) is 0 Å². The molecule has 7 nitrogen and oxygen atoms in total. The van der Waals surface area contributed by atoms with Crippen LogP contribution in [0.4, 0.5) is 11.4 Å². The lowest BCUT2D eigenvalue weighted by Gasteiger charge is -2.44. The summed E-state index contributed by atoms with van der Waals surface area (Å²) in [5, 5.41) is 3.71. The Balaban J connectivity index is 1.24. The summed E-state index contributed by atoms with van der Waals surface area (Å²) in [4.78, 5) is 18.7. The van der Waals surface area contributed by atoms with Crippen molar-refractivity contribution in [3.63, 3.8) is 0 Å². The van der Waals surface area contributed by atoms with E-state index in [1.807, 2.05) is 36.4 Å². The maximum atomic E-state index is 14.0. The Kier molecular flexibility index (Phi) is 6.62. The minimum atomic E-state index is -0.256. The SMILES string of the molecule is COc1ccc(C(=O)C(C2CCc3ccccc3N2)N2CCN(c3cccc4c3OCCO4)CC2)cc1. The number of para-hydroxylation sites is 2. The van der Waals surface area contributed by atoms with Gasteiger partial charge in [-0.15, -0.1) is 0 Å². The second-order valence-electron chi connectivity index (χ2n) is 9.81. The predicted molar refractivity (Wildman–Crippen MR) is 145 cm³/mol. The molecule has 0 spiro atoms. The zero-order valence-electron chi connectivity index (χ0n) is 21.2. The highest BCUT2D eigenvalue weighted by Crippen LogP contribution is 2.40. The molecule has 2 atom stereocenters. The Bertz CT molecular complexity index is 1250. The minimum absolute atomic E-state index is 0.0391. The van der Waals surface area contributed by atoms with E-state index in [1.165, 1.54) is 5.56 Å². The number of benzene rings is 3. The molecule has 192 valence electrons. The summed E-state index contributed by atoms with van der Waals surface area (Å²) < 4.78 is 17.1. The van der Waals surface area contributed by atoms with E-state index in [1.54, 1.807) is 7.11 Å². The van der Waals surface area contributed by atoms with Crippen LogP contribution in [0.5, 0.6) is 17.2 Å². The maximum absolute atomic E-state index is 14.0. The predicted octanol–water partition coefficient (Wildman–Crippen LogP) is 4.27. The smallest absolute Gasteiger partial charge is 0.184 e. The summed E-state index contributed by atoms with van der Waals surface area (Å²) >= 11 is 0. The summed E-state index contributed by atoms with van der Waals surface area (Å²) in [6, 6.07) is 21.8. The summed E-state index contributed by atoms with van der Waals surface area (Å²) in [5.74, 6) is 2.55. The quantitative estimate of drug-likeness (QED) is 0.509. The molecule has 3 aromatic carbocycles. The fourth-order valence-corrected chi connectivity index (χ4v) is 5.78. The van der Waals surface area contributed by atoms with Crippen molar-refractivity contribution < 1.29 is 19.0 Å². The topological polar surface area (TPSA) is 63.3 Å². The molecule has 37 heavy (non-hydrogen) atoms. The van der Waals surface area contributed by atoms with Gasteiger partial charge in [0.25, 0.3) is 0 Å². The van der Waals surface area contributed by atoms with Crippen LogP contribution < -0.4 is 24.4 Å². The van der Waals surface area contributed by atoms with Gasteiger partial charge in [-0.25, -0.2) is 0 Å². The number of hydrogen-bond acceptors (Lipinski definition) is 7. The first-order valence-electron chi connectivity index (χ1n) is 13.1. The third-order valence-corrected chi connectivity index (χ3v) is 7.70. The fraction of sp³-hybridized carbons (Fsp3) is 0.367. The number of carbonyl (C=O) groups excluding carboxylic acids is 1. The molecular formula is C30H33N3O4. The monoisotopic (exact) mass is 499 g/mol. The number of ketones is 1. The fourth-order valence-electron chi connectivity index (χ4n) is 5.78. The number of nitrogens with one attached hydrogen (secondary N) is 1. The molecule has 0 aromatic heterocycles. The van der Waals surface area contributed by atoms with Crippen LogP contribution >= 0.6 is 0 Å². The van der Waals surface area contributed by atoms with Crippen molar-refractivity contribution in [1.82, 2.24) is 4.90 Å². The second kappa shape index (κ2) is 10.3. The van der Waals surface area contributed by atoms with E-state index in [0.29, 0.717) is 13.2 Å². The van der Waals surface area contributed by atoms with Gasteiger partial charge in [-0.1, -0.05) is 24.3 Å². The van der Waals surface area contributed by atoms with E-state index in [-0.39, 0.29) is 17.9 Å². The molecular weight excluding hydrogens is 466 g/mol. The third kappa shape index (κ3) is 4.71. The Morgan fingerprint density at radius 3 is 2.54 bits per heavy atom. The van der Waals surface area contributed by atoms with E-state index >= 15 is 0 Å². The average Bonchev–Trinajstić information content (AvgIpc) is 2.97. The molecule has 2 unspecified atom stereocenters. The molecule has 7 heteroatoms. The molecule has 1 fully saturated rings. The number of methoxy groups -OCH3 is 1. The van der Waals surface area contributed by atoms with E-state index in [9.17, 15) is 4.79 Å². The van der Waals surface area contributed by atoms with E-state index in [2.05, 4.69) is 45.4 Å². The van der Waals surface area contributed by atoms with Gasteiger partial charge in [-0.05, 0) is 60.9 Å². The number of aryl methyl sites for hydroxylation is 1. The number of rotatable bonds is 6. The number of hydrogen-bond donors (Lipinski definition) is 1. The molecule has 0 amide bonds. The number of ether oxygens (including phenoxy) is 3. The Hall–Kier alpha value is -3.71. The van der Waals surface area contributed by atoms with Gasteiger partial charge < -0.3 is 24.4 Å². The lowest BCUT2D eigenvalue weighted by Crippen LogP contribution is -2.58. The summed E-state index contributed by atoms with van der Waals surface area (Å²) in [5.41, 5.74) is 4.24. The van der Waals surface area contributed by atoms with Crippen molar-refractivity contribution in [2.24, 2.45) is 0 Å². The molecule has 0 aliphatic carbocycles. The van der Waals surface area contributed by atoms with Crippen LogP contribution in [0, 0.1) is 0 Å². The van der Waals surface area contributed by atoms with Crippen molar-refractivity contribution in [3.05, 3.63) is 77.9 Å². The molecule has 3 aromatic rings. The van der Waals surface area contributed by atoms with Crippen molar-refractivity contribution in [3.8, 4) is 17.2 Å². The van der Waals surface area contributed by atoms with Crippen LogP contribution in [0.15, 0.2) is 66.7 Å². The Morgan fingerprint density at radius 2 is 1.73 bits per heavy atom. The van der Waals surface area contributed by atoms with Gasteiger partial charge in [0.1, 0.15) is 19.0 Å². The minimum Gasteiger partial charge on any atom is -0.497 e. The van der Waals surface area contributed by atoms with Gasteiger partial charge in [0.15, 0.2) is 17.3 Å². The number of piperazine rings is 1. The Morgan fingerprint density at radius 1 is 0.946 bits per heavy atom. The van der Waals surface area contributed by atoms with Crippen molar-refractivity contribution >= 4 is 17.2 Å². The summed E-state index contributed by atoms with van der Waals surface area (Å²) in [6.45, 7) is 4.35. The first-order chi connectivity index (χ1) is 18.2. The van der Waals surface area contributed by atoms with Crippen LogP contribution in [-0.2, 0) is 6.42 Å². The lowest BCUT2D eigenvalue weighted by molar-refractivity contribution is 0.0770. The summed E-state index contributed by atoms with van der Waals surface area (Å²) in [6.07, 6.45) is 1.88. The van der Waals surface area contributed by atoms with E-state index < -0.39 is 0 Å². The Labute approximate surface area is 217 Å². The van der Waals surface area contributed by atoms with Gasteiger partial charge in [-0.3, -0.25) is 9.69 Å². The first-order valence-corrected chi connectivity index (χ1v) is 13.1. The molecule has 6 rings (SSSR count). The van der Waals surface area contributed by atoms with Gasteiger partial charge in [0.05, 0.1) is 18.8 Å². The van der Waals surface area contributed by atoms with Crippen molar-refractivity contribution in [1.29, 1.82) is 0 Å². The first kappa shape index (κ1) is 23.7. The van der Waals surface area contributed by atoms with Crippen LogP contribution in [-0.4, -0.2) is 69.3 Å². The van der Waals surface area contributed by atoms with E-state index in [0.717, 1.165) is 73.2 Å². The van der Waals surface area contributed by atoms with Crippen molar-refractivity contribution in [2.75, 3.05) is 56.7 Å². The van der Waals surface area contributed by atoms with Crippen LogP contribution in [0.1, 0.15) is 22.3 Å². The van der Waals surface area contributed by atoms with Crippen molar-refractivity contribution in [2.45, 2.75) is 24.9 Å². The van der Waals surface area contributed by atoms with Crippen LogP contribution in [0.3, 0.4) is 0 Å². The van der Waals surface area contributed by atoms with Crippen LogP contribution in [0.2, 0.25) is 0 Å². The molecule has 1 N–H and O–H groups in total. The number of fused-ring (bicyclic) bond motifs is 2. The molecule has 0 bridgehead atoms. The molecule has 3 heterocycles. The zero-order valence-corrected chi connectivity index (χ0v) is 21.2. The largest absolute Gasteiger partial charge is 0.497 e. The lowest BCUT2D eigenvalue weighted by atomic mass is 9.88. The normalized spacial score (nSPS) is 19.9. The third-order valence-electron chi connectivity index (χ3n) is 7.70. The van der Waals surface area contributed by atoms with Crippen LogP contribution in [0.25, 0.3) is 0 Å². The molecule has 0 saturated carbocycles. The number of anilines is 2. The van der Waals surface area contributed by atoms with Gasteiger partial charge >= 0.3 is 0 Å². The number of carbonyl (C=O) groups is 1. The molecule has 3 aliphatic rings. The highest BCUT2D eigenvalue weighted by Gasteiger charge is 2.38. The van der Waals surface area contributed by atoms with Gasteiger partial charge in [0, 0.05) is 43.5 Å². The second-order valence-corrected chi connectivity index (χ2v) is 9.81. The zero-order chi connectivity index (χ0) is 25.2. The van der Waals surface area contributed by atoms with E-state index in [4.69, 9.17) is 14.2 Å². The van der Waals surface area contributed by atoms with Gasteiger partial charge in [-0.2, -0.15) is 0 Å². The molecule has 1 saturated heterocycles. The molecule has 3 aliphatic heterocycles. The number of nitrogens with zero attached hydrogens (tertiary/aromatic N) is 2. The molecule has 0 radical (unpaired) electrons. The maximum Gasteiger partial charge on any atom is 0.184 e. The highest BCUT2D eigenvalue weighted by molar-refractivity contribution is 6.01. The highest BCUT2D eigenvalue weighted by atomic mass is 16.6. The number of Topliss-reactive ketones (excluding diaryl/α,β-unsaturated/α-hetero) is 1. The standard InChI is InChI=1S/C30H33N3O4/c1-35-23-12-9-22(10-13-23)29(34)28(25-14-11-21-5-2-3-6-24(21)31-25)33-17-15-32(16-18-33)26-7-4-8-27-30(26)37-20-19-36-27/h2-10,12-13,25,28,31H,11,14-20H2,1H3. The average molecular weight is 500 g/mol. The summed E-state index contributed by atoms with van der Waals surface area (Å²) in [7, 11) is 1.64.